The third-order valence-corrected chi connectivity index (χ3v) is 2.39. The first-order valence-electron chi connectivity index (χ1n) is 4.79. The van der Waals surface area contributed by atoms with Crippen molar-refractivity contribution in [3.05, 3.63) is 53.8 Å². The van der Waals surface area contributed by atoms with Crippen molar-refractivity contribution in [3.8, 4) is 11.1 Å². The van der Waals surface area contributed by atoms with Crippen LogP contribution in [-0.2, 0) is 0 Å². The maximum Gasteiger partial charge on any atom is 0.153 e. The van der Waals surface area contributed by atoms with Crippen LogP contribution in [0.15, 0.2) is 42.5 Å². The average Bonchev–Trinajstić information content (AvgIpc) is 2.24. The van der Waals surface area contributed by atoms with Crippen molar-refractivity contribution in [2.45, 2.75) is 6.92 Å². The van der Waals surface area contributed by atoms with Gasteiger partial charge in [0.2, 0.25) is 0 Å². The van der Waals surface area contributed by atoms with E-state index in [1.165, 1.54) is 0 Å². The molecule has 2 heteroatoms. The molecule has 0 aromatic heterocycles. The predicted octanol–water partition coefficient (Wildman–Crippen LogP) is 3.38. The van der Waals surface area contributed by atoms with Crippen LogP contribution < -0.4 is 5.73 Å². The number of benzene rings is 2. The van der Waals surface area contributed by atoms with Crippen LogP contribution in [0.4, 0.5) is 10.1 Å². The Hall–Kier alpha value is -1.83. The molecule has 0 radical (unpaired) electrons. The zero-order valence-electron chi connectivity index (χ0n) is 8.50. The van der Waals surface area contributed by atoms with E-state index in [0.29, 0.717) is 5.56 Å². The van der Waals surface area contributed by atoms with Gasteiger partial charge in [0, 0.05) is 5.56 Å². The Kier molecular flexibility index (Phi) is 2.42. The molecule has 76 valence electrons. The molecule has 15 heavy (non-hydrogen) atoms. The molecule has 0 fully saturated rings. The van der Waals surface area contributed by atoms with Crippen LogP contribution in [-0.4, -0.2) is 0 Å². The maximum absolute atomic E-state index is 13.7. The van der Waals surface area contributed by atoms with Gasteiger partial charge in [-0.1, -0.05) is 42.0 Å². The monoisotopic (exact) mass is 201 g/mol. The summed E-state index contributed by atoms with van der Waals surface area (Å²) in [7, 11) is 0. The highest BCUT2D eigenvalue weighted by Crippen LogP contribution is 2.26. The Morgan fingerprint density at radius 1 is 1.00 bits per heavy atom. The SMILES string of the molecule is Cc1ccc(-c2cccc(N)c2F)cc1. The lowest BCUT2D eigenvalue weighted by Crippen LogP contribution is -1.92. The molecule has 2 aromatic carbocycles. The van der Waals surface area contributed by atoms with E-state index in [1.807, 2.05) is 31.2 Å². The first-order chi connectivity index (χ1) is 7.18. The van der Waals surface area contributed by atoms with Gasteiger partial charge in [-0.2, -0.15) is 0 Å². The van der Waals surface area contributed by atoms with Crippen LogP contribution in [0.5, 0.6) is 0 Å². The number of nitrogen functional groups attached to an aromatic ring is 1. The number of halogens is 1. The van der Waals surface area contributed by atoms with Crippen molar-refractivity contribution < 1.29 is 4.39 Å². The maximum atomic E-state index is 13.7. The number of nitrogens with two attached hydrogens (primary N) is 1. The molecule has 0 aliphatic heterocycles. The summed E-state index contributed by atoms with van der Waals surface area (Å²) in [6.07, 6.45) is 0. The second-order valence-electron chi connectivity index (χ2n) is 3.57. The topological polar surface area (TPSA) is 26.0 Å². The summed E-state index contributed by atoms with van der Waals surface area (Å²) in [5.41, 5.74) is 8.26. The van der Waals surface area contributed by atoms with Gasteiger partial charge < -0.3 is 5.73 Å². The minimum atomic E-state index is -0.346. The lowest BCUT2D eigenvalue weighted by Gasteiger charge is -2.05. The van der Waals surface area contributed by atoms with Gasteiger partial charge >= 0.3 is 0 Å². The molecule has 0 aliphatic rings. The molecule has 1 nitrogen and oxygen atoms in total. The van der Waals surface area contributed by atoms with E-state index in [4.69, 9.17) is 5.73 Å². The molecule has 0 aliphatic carbocycles. The lowest BCUT2D eigenvalue weighted by molar-refractivity contribution is 0.636. The van der Waals surface area contributed by atoms with Gasteiger partial charge in [0.1, 0.15) is 0 Å². The van der Waals surface area contributed by atoms with Crippen molar-refractivity contribution in [1.82, 2.24) is 0 Å². The van der Waals surface area contributed by atoms with Crippen LogP contribution in [0, 0.1) is 12.7 Å². The van der Waals surface area contributed by atoms with Crippen molar-refractivity contribution in [2.24, 2.45) is 0 Å². The Morgan fingerprint density at radius 3 is 2.33 bits per heavy atom. The molecular formula is C13H12FN. The van der Waals surface area contributed by atoms with Crippen molar-refractivity contribution in [2.75, 3.05) is 5.73 Å². The van der Waals surface area contributed by atoms with Gasteiger partial charge in [-0.3, -0.25) is 0 Å². The minimum absolute atomic E-state index is 0.188. The van der Waals surface area contributed by atoms with E-state index in [9.17, 15) is 4.39 Å². The van der Waals surface area contributed by atoms with E-state index in [-0.39, 0.29) is 11.5 Å². The van der Waals surface area contributed by atoms with Crippen LogP contribution in [0.2, 0.25) is 0 Å². The number of aryl methyl sites for hydroxylation is 1. The Bertz CT molecular complexity index is 474. The molecule has 0 saturated carbocycles. The molecule has 0 unspecified atom stereocenters. The van der Waals surface area contributed by atoms with E-state index >= 15 is 0 Å². The molecule has 2 rings (SSSR count). The van der Waals surface area contributed by atoms with Crippen molar-refractivity contribution in [1.29, 1.82) is 0 Å². The molecule has 0 saturated heterocycles. The molecule has 2 N–H and O–H groups in total. The predicted molar refractivity (Wildman–Crippen MR) is 61.0 cm³/mol. The summed E-state index contributed by atoms with van der Waals surface area (Å²) >= 11 is 0. The second-order valence-corrected chi connectivity index (χ2v) is 3.57. The van der Waals surface area contributed by atoms with E-state index in [0.717, 1.165) is 11.1 Å². The standard InChI is InChI=1S/C13H12FN/c1-9-5-7-10(8-6-9)11-3-2-4-12(15)13(11)14/h2-8H,15H2,1H3. The Balaban J connectivity index is 2.54. The minimum Gasteiger partial charge on any atom is -0.396 e. The second kappa shape index (κ2) is 3.73. The number of anilines is 1. The summed E-state index contributed by atoms with van der Waals surface area (Å²) in [4.78, 5) is 0. The lowest BCUT2D eigenvalue weighted by atomic mass is 10.0. The smallest absolute Gasteiger partial charge is 0.153 e. The van der Waals surface area contributed by atoms with E-state index in [2.05, 4.69) is 0 Å². The number of rotatable bonds is 1. The molecule has 0 heterocycles. The zero-order valence-corrected chi connectivity index (χ0v) is 8.50. The molecule has 0 amide bonds. The molecule has 0 atom stereocenters. The van der Waals surface area contributed by atoms with Gasteiger partial charge in [0.25, 0.3) is 0 Å². The van der Waals surface area contributed by atoms with Crippen LogP contribution in [0.1, 0.15) is 5.56 Å². The van der Waals surface area contributed by atoms with Gasteiger partial charge in [0.05, 0.1) is 5.69 Å². The number of hydrogen-bond donors (Lipinski definition) is 1. The summed E-state index contributed by atoms with van der Waals surface area (Å²) in [6.45, 7) is 2.00. The Morgan fingerprint density at radius 2 is 1.67 bits per heavy atom. The highest BCUT2D eigenvalue weighted by Gasteiger charge is 2.06. The van der Waals surface area contributed by atoms with Gasteiger partial charge in [-0.05, 0) is 18.6 Å². The highest BCUT2D eigenvalue weighted by atomic mass is 19.1. The fraction of sp³-hybridized carbons (Fsp3) is 0.0769. The van der Waals surface area contributed by atoms with E-state index < -0.39 is 0 Å². The average molecular weight is 201 g/mol. The highest BCUT2D eigenvalue weighted by molar-refractivity contribution is 5.68. The van der Waals surface area contributed by atoms with Crippen molar-refractivity contribution >= 4 is 5.69 Å². The van der Waals surface area contributed by atoms with Crippen LogP contribution in [0.3, 0.4) is 0 Å². The summed E-state index contributed by atoms with van der Waals surface area (Å²) < 4.78 is 13.7. The normalized spacial score (nSPS) is 10.3. The van der Waals surface area contributed by atoms with Crippen molar-refractivity contribution in [3.63, 3.8) is 0 Å². The fourth-order valence-corrected chi connectivity index (χ4v) is 1.51. The largest absolute Gasteiger partial charge is 0.396 e. The Labute approximate surface area is 88.4 Å². The molecule has 0 bridgehead atoms. The molecule has 2 aromatic rings. The summed E-state index contributed by atoms with van der Waals surface area (Å²) in [5.74, 6) is -0.346. The van der Waals surface area contributed by atoms with Gasteiger partial charge in [-0.15, -0.1) is 0 Å². The van der Waals surface area contributed by atoms with Crippen LogP contribution >= 0.6 is 0 Å². The zero-order chi connectivity index (χ0) is 10.8. The van der Waals surface area contributed by atoms with Gasteiger partial charge in [-0.25, -0.2) is 4.39 Å². The summed E-state index contributed by atoms with van der Waals surface area (Å²) in [5, 5.41) is 0. The van der Waals surface area contributed by atoms with E-state index in [1.54, 1.807) is 18.2 Å². The fourth-order valence-electron chi connectivity index (χ4n) is 1.51. The van der Waals surface area contributed by atoms with Gasteiger partial charge in [0.15, 0.2) is 5.82 Å². The number of hydrogen-bond acceptors (Lipinski definition) is 1. The summed E-state index contributed by atoms with van der Waals surface area (Å²) in [6, 6.07) is 12.8. The third-order valence-electron chi connectivity index (χ3n) is 2.39. The first-order valence-corrected chi connectivity index (χ1v) is 4.79. The quantitative estimate of drug-likeness (QED) is 0.703. The third kappa shape index (κ3) is 1.84. The molecular weight excluding hydrogens is 189 g/mol. The first kappa shape index (κ1) is 9.71. The van der Waals surface area contributed by atoms with Crippen LogP contribution in [0.25, 0.3) is 11.1 Å². The molecule has 0 spiro atoms.